The molecule has 1 atom stereocenters. The van der Waals surface area contributed by atoms with Gasteiger partial charge in [-0.1, -0.05) is 25.1 Å². The molecule has 1 aromatic rings. The Labute approximate surface area is 188 Å². The first-order chi connectivity index (χ1) is 13.0. The maximum Gasteiger partial charge on any atom is 0.416 e. The quantitative estimate of drug-likeness (QED) is 0.270. The van der Waals surface area contributed by atoms with Gasteiger partial charge in [0.15, 0.2) is 5.96 Å². The molecule has 9 heteroatoms. The van der Waals surface area contributed by atoms with E-state index in [1.165, 1.54) is 12.1 Å². The summed E-state index contributed by atoms with van der Waals surface area (Å²) in [6, 6.07) is 5.44. The van der Waals surface area contributed by atoms with E-state index in [9.17, 15) is 18.0 Å². The predicted molar refractivity (Wildman–Crippen MR) is 122 cm³/mol. The summed E-state index contributed by atoms with van der Waals surface area (Å²) < 4.78 is 38.6. The summed E-state index contributed by atoms with van der Waals surface area (Å²) in [6.45, 7) is 8.98. The Morgan fingerprint density at radius 1 is 1.21 bits per heavy atom. The van der Waals surface area contributed by atoms with Crippen molar-refractivity contribution in [2.75, 3.05) is 26.7 Å². The summed E-state index contributed by atoms with van der Waals surface area (Å²) in [4.78, 5) is 16.3. The fraction of sp³-hybridized carbons (Fsp3) is 0.600. The van der Waals surface area contributed by atoms with Crippen molar-refractivity contribution in [2.24, 2.45) is 10.4 Å². The molecule has 1 amide bonds. The fourth-order valence-electron chi connectivity index (χ4n) is 2.62. The molecule has 0 aliphatic heterocycles. The molecule has 1 unspecified atom stereocenters. The molecular weight excluding hydrogens is 496 g/mol. The highest BCUT2D eigenvalue weighted by molar-refractivity contribution is 14.0. The number of hydrogen-bond donors (Lipinski definition) is 3. The number of amides is 1. The lowest BCUT2D eigenvalue weighted by atomic mass is 9.93. The summed E-state index contributed by atoms with van der Waals surface area (Å²) >= 11 is 0. The molecule has 5 nitrogen and oxygen atoms in total. The van der Waals surface area contributed by atoms with Crippen LogP contribution in [0.4, 0.5) is 13.2 Å². The average Bonchev–Trinajstić information content (AvgIpc) is 2.64. The lowest BCUT2D eigenvalue weighted by Crippen LogP contribution is -2.41. The van der Waals surface area contributed by atoms with Crippen molar-refractivity contribution in [3.63, 3.8) is 0 Å². The lowest BCUT2D eigenvalue weighted by molar-refractivity contribution is -0.137. The SMILES string of the molecule is CCNC(=NCC(C)(C)C(=O)NC)NCCC(C)c1cccc(C(F)(F)F)c1.I. The molecule has 0 saturated carbocycles. The smallest absolute Gasteiger partial charge is 0.359 e. The van der Waals surface area contributed by atoms with Crippen LogP contribution < -0.4 is 16.0 Å². The topological polar surface area (TPSA) is 65.5 Å². The van der Waals surface area contributed by atoms with Crippen LogP contribution in [0.15, 0.2) is 29.3 Å². The van der Waals surface area contributed by atoms with Crippen molar-refractivity contribution in [3.8, 4) is 0 Å². The minimum Gasteiger partial charge on any atom is -0.359 e. The molecule has 0 aromatic heterocycles. The van der Waals surface area contributed by atoms with E-state index in [0.717, 1.165) is 6.07 Å². The third-order valence-electron chi connectivity index (χ3n) is 4.47. The number of halogens is 4. The van der Waals surface area contributed by atoms with E-state index in [-0.39, 0.29) is 35.8 Å². The predicted octanol–water partition coefficient (Wildman–Crippen LogP) is 4.14. The molecule has 0 radical (unpaired) electrons. The van der Waals surface area contributed by atoms with E-state index >= 15 is 0 Å². The van der Waals surface area contributed by atoms with Crippen LogP contribution in [0.1, 0.15) is 51.2 Å². The molecule has 29 heavy (non-hydrogen) atoms. The van der Waals surface area contributed by atoms with Crippen molar-refractivity contribution >= 4 is 35.8 Å². The highest BCUT2D eigenvalue weighted by atomic mass is 127. The standard InChI is InChI=1S/C20H31F3N4O.HI/c1-6-25-18(27-13-19(3,4)17(28)24-5)26-11-10-14(2)15-8-7-9-16(12-15)20(21,22)23;/h7-9,12,14H,6,10-11,13H2,1-5H3,(H,24,28)(H2,25,26,27);1H. The van der Waals surface area contributed by atoms with Gasteiger partial charge in [0.1, 0.15) is 0 Å². The number of alkyl halides is 3. The number of nitrogens with zero attached hydrogens (tertiary/aromatic N) is 1. The maximum absolute atomic E-state index is 12.9. The second-order valence-corrected chi connectivity index (χ2v) is 7.40. The number of hydrogen-bond acceptors (Lipinski definition) is 2. The molecule has 3 N–H and O–H groups in total. The number of carbonyl (C=O) groups excluding carboxylic acids is 1. The Balaban J connectivity index is 0.00000784. The van der Waals surface area contributed by atoms with E-state index in [1.807, 2.05) is 27.7 Å². The number of aliphatic imine (C=N–C) groups is 1. The summed E-state index contributed by atoms with van der Waals surface area (Å²) in [7, 11) is 1.59. The highest BCUT2D eigenvalue weighted by Crippen LogP contribution is 2.31. The van der Waals surface area contributed by atoms with Crippen LogP contribution in [-0.4, -0.2) is 38.5 Å². The first kappa shape index (κ1) is 27.5. The van der Waals surface area contributed by atoms with E-state index in [0.29, 0.717) is 37.6 Å². The lowest BCUT2D eigenvalue weighted by Gasteiger charge is -2.21. The van der Waals surface area contributed by atoms with Crippen molar-refractivity contribution < 1.29 is 18.0 Å². The number of nitrogens with one attached hydrogen (secondary N) is 3. The van der Waals surface area contributed by atoms with E-state index in [4.69, 9.17) is 0 Å². The molecule has 0 aliphatic carbocycles. The van der Waals surface area contributed by atoms with Crippen molar-refractivity contribution in [1.82, 2.24) is 16.0 Å². The minimum absolute atomic E-state index is 0. The van der Waals surface area contributed by atoms with Gasteiger partial charge in [-0.2, -0.15) is 13.2 Å². The second-order valence-electron chi connectivity index (χ2n) is 7.40. The average molecular weight is 528 g/mol. The van der Waals surface area contributed by atoms with Crippen LogP contribution in [0.2, 0.25) is 0 Å². The van der Waals surface area contributed by atoms with Crippen LogP contribution in [-0.2, 0) is 11.0 Å². The second kappa shape index (κ2) is 12.2. The Bertz CT molecular complexity index is 678. The van der Waals surface area contributed by atoms with Gasteiger partial charge in [0.05, 0.1) is 17.5 Å². The summed E-state index contributed by atoms with van der Waals surface area (Å²) in [5.74, 6) is 0.445. The molecule has 1 rings (SSSR count). The first-order valence-corrected chi connectivity index (χ1v) is 9.42. The molecule has 0 aliphatic rings. The van der Waals surface area contributed by atoms with Gasteiger partial charge < -0.3 is 16.0 Å². The minimum atomic E-state index is -4.34. The Kier molecular flexibility index (Phi) is 11.6. The van der Waals surface area contributed by atoms with Gasteiger partial charge >= 0.3 is 6.18 Å². The van der Waals surface area contributed by atoms with Crippen LogP contribution in [0, 0.1) is 5.41 Å². The molecule has 0 saturated heterocycles. The molecule has 0 heterocycles. The fourth-order valence-corrected chi connectivity index (χ4v) is 2.62. The van der Waals surface area contributed by atoms with Gasteiger partial charge in [-0.3, -0.25) is 9.79 Å². The van der Waals surface area contributed by atoms with Gasteiger partial charge in [-0.05, 0) is 44.7 Å². The molecular formula is C20H32F3IN4O. The van der Waals surface area contributed by atoms with Crippen LogP contribution in [0.3, 0.4) is 0 Å². The highest BCUT2D eigenvalue weighted by Gasteiger charge is 2.30. The summed E-state index contributed by atoms with van der Waals surface area (Å²) in [6.07, 6.45) is -3.69. The molecule has 0 bridgehead atoms. The third kappa shape index (κ3) is 9.22. The van der Waals surface area contributed by atoms with Crippen molar-refractivity contribution in [3.05, 3.63) is 35.4 Å². The molecule has 166 valence electrons. The monoisotopic (exact) mass is 528 g/mol. The van der Waals surface area contributed by atoms with Crippen molar-refractivity contribution in [1.29, 1.82) is 0 Å². The van der Waals surface area contributed by atoms with Gasteiger partial charge in [-0.15, -0.1) is 24.0 Å². The Hall–Kier alpha value is -1.52. The van der Waals surface area contributed by atoms with Gasteiger partial charge in [0, 0.05) is 20.1 Å². The molecule has 0 spiro atoms. The normalized spacial score (nSPS) is 13.3. The zero-order valence-electron chi connectivity index (χ0n) is 17.6. The first-order valence-electron chi connectivity index (χ1n) is 9.42. The molecule has 1 aromatic carbocycles. The molecule has 0 fully saturated rings. The third-order valence-corrected chi connectivity index (χ3v) is 4.47. The van der Waals surface area contributed by atoms with Crippen LogP contribution in [0.25, 0.3) is 0 Å². The largest absolute Gasteiger partial charge is 0.416 e. The summed E-state index contributed by atoms with van der Waals surface area (Å²) in [5.41, 5.74) is -0.613. The number of guanidine groups is 1. The zero-order valence-corrected chi connectivity index (χ0v) is 19.9. The van der Waals surface area contributed by atoms with E-state index < -0.39 is 17.2 Å². The van der Waals surface area contributed by atoms with E-state index in [2.05, 4.69) is 20.9 Å². The van der Waals surface area contributed by atoms with Crippen LogP contribution >= 0.6 is 24.0 Å². The van der Waals surface area contributed by atoms with E-state index in [1.54, 1.807) is 13.1 Å². The van der Waals surface area contributed by atoms with Crippen molar-refractivity contribution in [2.45, 2.75) is 46.2 Å². The number of benzene rings is 1. The Morgan fingerprint density at radius 3 is 2.41 bits per heavy atom. The zero-order chi connectivity index (χ0) is 21.4. The Morgan fingerprint density at radius 2 is 1.86 bits per heavy atom. The number of carbonyl (C=O) groups is 1. The van der Waals surface area contributed by atoms with Gasteiger partial charge in [0.25, 0.3) is 0 Å². The number of rotatable bonds is 8. The van der Waals surface area contributed by atoms with Crippen LogP contribution in [0.5, 0.6) is 0 Å². The van der Waals surface area contributed by atoms with Gasteiger partial charge in [0.2, 0.25) is 5.91 Å². The van der Waals surface area contributed by atoms with Gasteiger partial charge in [-0.25, -0.2) is 0 Å². The summed E-state index contributed by atoms with van der Waals surface area (Å²) in [5, 5.41) is 8.92. The maximum atomic E-state index is 12.9.